The molecule has 0 saturated heterocycles. The van der Waals surface area contributed by atoms with Gasteiger partial charge in [0.25, 0.3) is 0 Å². The van der Waals surface area contributed by atoms with E-state index in [9.17, 15) is 14.4 Å². The molecule has 3 rings (SSSR count). The fraction of sp³-hybridized carbons (Fsp3) is 0.375. The van der Waals surface area contributed by atoms with Crippen molar-refractivity contribution >= 4 is 22.9 Å². The molecule has 0 amide bonds. The number of allylic oxidation sites excluding steroid dienone is 2. The largest absolute Gasteiger partial charge is 0.483 e. The Morgan fingerprint density at radius 1 is 1.00 bits per heavy atom. The van der Waals surface area contributed by atoms with Crippen LogP contribution in [-0.4, -0.2) is 23.6 Å². The standard InChI is InChI=1S/C24H26O7/c1-7-13(3)22(26)29-20-16-11-15-9-10-19(25)28-17(15)12-18(16)31-24(5,6)21(20)30-23(27)14(4)8-2/h7-12,20-21H,1-6H3/t20-,21+/m0/s1. The summed E-state index contributed by atoms with van der Waals surface area (Å²) in [4.78, 5) is 36.8. The van der Waals surface area contributed by atoms with Crippen LogP contribution >= 0.6 is 0 Å². The maximum Gasteiger partial charge on any atom is 0.336 e. The number of hydrogen-bond acceptors (Lipinski definition) is 7. The zero-order chi connectivity index (χ0) is 22.9. The Balaban J connectivity index is 2.16. The fourth-order valence-electron chi connectivity index (χ4n) is 3.28. The van der Waals surface area contributed by atoms with Gasteiger partial charge in [0.15, 0.2) is 12.2 Å². The number of fused-ring (bicyclic) bond motifs is 2. The highest BCUT2D eigenvalue weighted by atomic mass is 16.6. The summed E-state index contributed by atoms with van der Waals surface area (Å²) < 4.78 is 23.0. The quantitative estimate of drug-likeness (QED) is 0.407. The van der Waals surface area contributed by atoms with Crippen LogP contribution < -0.4 is 10.4 Å². The molecule has 2 aromatic rings. The summed E-state index contributed by atoms with van der Waals surface area (Å²) >= 11 is 0. The Kier molecular flexibility index (Phi) is 6.06. The lowest BCUT2D eigenvalue weighted by Crippen LogP contribution is -2.52. The number of carbonyl (C=O) groups excluding carboxylic acids is 2. The van der Waals surface area contributed by atoms with Crippen molar-refractivity contribution < 1.29 is 28.2 Å². The van der Waals surface area contributed by atoms with Gasteiger partial charge in [0.2, 0.25) is 0 Å². The van der Waals surface area contributed by atoms with E-state index in [0.29, 0.717) is 33.4 Å². The van der Waals surface area contributed by atoms with Crippen LogP contribution in [0.25, 0.3) is 11.0 Å². The molecule has 2 heterocycles. The number of carbonyl (C=O) groups is 2. The Bertz CT molecular complexity index is 1150. The third-order valence-electron chi connectivity index (χ3n) is 5.37. The predicted molar refractivity (Wildman–Crippen MR) is 115 cm³/mol. The molecule has 0 radical (unpaired) electrons. The lowest BCUT2D eigenvalue weighted by Gasteiger charge is -2.43. The van der Waals surface area contributed by atoms with Crippen molar-refractivity contribution in [2.45, 2.75) is 59.4 Å². The molecule has 2 atom stereocenters. The minimum atomic E-state index is -1.03. The molecule has 0 aliphatic carbocycles. The van der Waals surface area contributed by atoms with Crippen LogP contribution in [0.2, 0.25) is 0 Å². The summed E-state index contributed by atoms with van der Waals surface area (Å²) in [5.41, 5.74) is 0.200. The van der Waals surface area contributed by atoms with Crippen molar-refractivity contribution in [3.05, 3.63) is 63.5 Å². The highest BCUT2D eigenvalue weighted by Crippen LogP contribution is 2.45. The highest BCUT2D eigenvalue weighted by molar-refractivity contribution is 5.89. The van der Waals surface area contributed by atoms with Gasteiger partial charge in [-0.3, -0.25) is 0 Å². The van der Waals surface area contributed by atoms with E-state index in [0.717, 1.165) is 0 Å². The maximum atomic E-state index is 12.6. The van der Waals surface area contributed by atoms with Crippen LogP contribution in [0.1, 0.15) is 53.2 Å². The molecule has 0 N–H and O–H groups in total. The van der Waals surface area contributed by atoms with Gasteiger partial charge in [-0.2, -0.15) is 0 Å². The van der Waals surface area contributed by atoms with Gasteiger partial charge in [-0.25, -0.2) is 14.4 Å². The van der Waals surface area contributed by atoms with Gasteiger partial charge in [0, 0.05) is 34.2 Å². The normalized spacial score (nSPS) is 20.6. The molecule has 1 aromatic heterocycles. The Labute approximate surface area is 180 Å². The van der Waals surface area contributed by atoms with E-state index >= 15 is 0 Å². The molecule has 1 aliphatic rings. The summed E-state index contributed by atoms with van der Waals surface area (Å²) in [6.45, 7) is 10.3. The van der Waals surface area contributed by atoms with Crippen LogP contribution in [0.15, 0.2) is 56.8 Å². The van der Waals surface area contributed by atoms with Gasteiger partial charge in [-0.1, -0.05) is 12.2 Å². The average Bonchev–Trinajstić information content (AvgIpc) is 2.73. The molecular formula is C24H26O7. The van der Waals surface area contributed by atoms with E-state index in [2.05, 4.69) is 0 Å². The minimum Gasteiger partial charge on any atom is -0.483 e. The number of rotatable bonds is 4. The second kappa shape index (κ2) is 8.41. The maximum absolute atomic E-state index is 12.6. The first-order valence-corrected chi connectivity index (χ1v) is 10.0. The summed E-state index contributed by atoms with van der Waals surface area (Å²) in [7, 11) is 0. The molecule has 0 saturated carbocycles. The second-order valence-electron chi connectivity index (χ2n) is 7.98. The Hall–Kier alpha value is -3.35. The molecule has 0 fully saturated rings. The molecule has 1 aliphatic heterocycles. The van der Waals surface area contributed by atoms with Crippen LogP contribution in [-0.2, 0) is 19.1 Å². The first-order valence-electron chi connectivity index (χ1n) is 10.0. The van der Waals surface area contributed by atoms with Crippen molar-refractivity contribution in [3.8, 4) is 5.75 Å². The Morgan fingerprint density at radius 2 is 1.61 bits per heavy atom. The summed E-state index contributed by atoms with van der Waals surface area (Å²) in [5, 5.41) is 0.625. The topological polar surface area (TPSA) is 92.0 Å². The number of benzene rings is 1. The van der Waals surface area contributed by atoms with Gasteiger partial charge >= 0.3 is 17.6 Å². The van der Waals surface area contributed by atoms with Crippen molar-refractivity contribution in [3.63, 3.8) is 0 Å². The third kappa shape index (κ3) is 4.40. The molecule has 1 aromatic carbocycles. The zero-order valence-electron chi connectivity index (χ0n) is 18.5. The summed E-state index contributed by atoms with van der Waals surface area (Å²) in [5.74, 6) is -0.666. The lowest BCUT2D eigenvalue weighted by molar-refractivity contribution is -0.185. The lowest BCUT2D eigenvalue weighted by atomic mass is 9.87. The van der Waals surface area contributed by atoms with Crippen LogP contribution in [0.3, 0.4) is 0 Å². The third-order valence-corrected chi connectivity index (χ3v) is 5.37. The van der Waals surface area contributed by atoms with E-state index in [1.165, 1.54) is 6.07 Å². The predicted octanol–water partition coefficient (Wildman–Crippen LogP) is 4.39. The van der Waals surface area contributed by atoms with E-state index in [4.69, 9.17) is 18.6 Å². The molecular weight excluding hydrogens is 400 g/mol. The van der Waals surface area contributed by atoms with Gasteiger partial charge in [-0.05, 0) is 53.7 Å². The fourth-order valence-corrected chi connectivity index (χ4v) is 3.28. The SMILES string of the molecule is CC=C(C)C(=O)O[C@@H]1[C@@H](OC(=O)C(C)=CC)c2cc3ccc(=O)oc3cc2OC1(C)C. The number of hydrogen-bond donors (Lipinski definition) is 0. The van der Waals surface area contributed by atoms with Crippen molar-refractivity contribution in [2.75, 3.05) is 0 Å². The molecule has 31 heavy (non-hydrogen) atoms. The first kappa shape index (κ1) is 22.3. The monoisotopic (exact) mass is 426 g/mol. The molecule has 0 unspecified atom stereocenters. The molecule has 7 heteroatoms. The van der Waals surface area contributed by atoms with Crippen LogP contribution in [0.4, 0.5) is 0 Å². The smallest absolute Gasteiger partial charge is 0.336 e. The van der Waals surface area contributed by atoms with E-state index in [1.807, 2.05) is 0 Å². The van der Waals surface area contributed by atoms with Gasteiger partial charge in [-0.15, -0.1) is 0 Å². The van der Waals surface area contributed by atoms with Crippen molar-refractivity contribution in [1.29, 1.82) is 0 Å². The van der Waals surface area contributed by atoms with Gasteiger partial charge in [0.1, 0.15) is 16.9 Å². The summed E-state index contributed by atoms with van der Waals surface area (Å²) in [6, 6.07) is 6.23. The molecule has 7 nitrogen and oxygen atoms in total. The van der Waals surface area contributed by atoms with Crippen molar-refractivity contribution in [1.82, 2.24) is 0 Å². The van der Waals surface area contributed by atoms with E-state index in [1.54, 1.807) is 71.9 Å². The van der Waals surface area contributed by atoms with Crippen molar-refractivity contribution in [2.24, 2.45) is 0 Å². The van der Waals surface area contributed by atoms with Gasteiger partial charge in [0.05, 0.1) is 0 Å². The molecule has 0 spiro atoms. The van der Waals surface area contributed by atoms with E-state index < -0.39 is 35.4 Å². The first-order chi connectivity index (χ1) is 14.6. The number of esters is 2. The second-order valence-corrected chi connectivity index (χ2v) is 7.98. The van der Waals surface area contributed by atoms with Crippen LogP contribution in [0, 0.1) is 0 Å². The van der Waals surface area contributed by atoms with E-state index in [-0.39, 0.29) is 0 Å². The minimum absolute atomic E-state index is 0.344. The Morgan fingerprint density at radius 3 is 2.23 bits per heavy atom. The van der Waals surface area contributed by atoms with Gasteiger partial charge < -0.3 is 18.6 Å². The zero-order valence-corrected chi connectivity index (χ0v) is 18.5. The molecule has 164 valence electrons. The highest BCUT2D eigenvalue weighted by Gasteiger charge is 2.49. The van der Waals surface area contributed by atoms with Crippen LogP contribution in [0.5, 0.6) is 5.75 Å². The average molecular weight is 426 g/mol. The number of ether oxygens (including phenoxy) is 3. The molecule has 0 bridgehead atoms. The summed E-state index contributed by atoms with van der Waals surface area (Å²) in [6.07, 6.45) is 1.46.